The molecule has 5 nitrogen and oxygen atoms in total. The second kappa shape index (κ2) is 4.23. The molecule has 18 heavy (non-hydrogen) atoms. The molecule has 0 spiro atoms. The quantitative estimate of drug-likeness (QED) is 0.764. The van der Waals surface area contributed by atoms with Gasteiger partial charge in [-0.1, -0.05) is 11.2 Å². The molecule has 3 heterocycles. The van der Waals surface area contributed by atoms with E-state index in [0.29, 0.717) is 11.6 Å². The van der Waals surface area contributed by atoms with Gasteiger partial charge in [-0.25, -0.2) is 4.98 Å². The normalized spacial score (nSPS) is 10.7. The summed E-state index contributed by atoms with van der Waals surface area (Å²) < 4.78 is 5.29. The predicted molar refractivity (Wildman–Crippen MR) is 70.0 cm³/mol. The summed E-state index contributed by atoms with van der Waals surface area (Å²) >= 11 is 1.56. The molecule has 0 atom stereocenters. The number of rotatable bonds is 2. The van der Waals surface area contributed by atoms with Crippen LogP contribution in [0.1, 0.15) is 5.01 Å². The zero-order chi connectivity index (χ0) is 12.5. The topological polar surface area (TPSA) is 77.8 Å². The van der Waals surface area contributed by atoms with E-state index in [4.69, 9.17) is 10.3 Å². The summed E-state index contributed by atoms with van der Waals surface area (Å²) in [5.74, 6) is 0.938. The number of nitrogens with two attached hydrogens (primary N) is 1. The fourth-order valence-electron chi connectivity index (χ4n) is 1.73. The zero-order valence-corrected chi connectivity index (χ0v) is 10.4. The predicted octanol–water partition coefficient (Wildman–Crippen LogP) is 2.75. The number of aryl methyl sites for hydroxylation is 1. The van der Waals surface area contributed by atoms with Crippen molar-refractivity contribution < 1.29 is 4.52 Å². The number of aromatic nitrogens is 3. The lowest BCUT2D eigenvalue weighted by Crippen LogP contribution is -1.89. The number of nitrogens with zero attached hydrogens (tertiary/aromatic N) is 3. The van der Waals surface area contributed by atoms with Crippen molar-refractivity contribution in [3.8, 4) is 22.6 Å². The fourth-order valence-corrected chi connectivity index (χ4v) is 2.33. The van der Waals surface area contributed by atoms with Gasteiger partial charge in [0.1, 0.15) is 5.69 Å². The van der Waals surface area contributed by atoms with E-state index in [1.165, 1.54) is 0 Å². The molecule has 0 aromatic carbocycles. The van der Waals surface area contributed by atoms with Crippen molar-refractivity contribution in [2.45, 2.75) is 6.92 Å². The third-order valence-corrected chi connectivity index (χ3v) is 3.29. The zero-order valence-electron chi connectivity index (χ0n) is 9.62. The summed E-state index contributed by atoms with van der Waals surface area (Å²) in [5, 5.41) is 6.71. The summed E-state index contributed by atoms with van der Waals surface area (Å²) in [6.45, 7) is 1.94. The average molecular weight is 258 g/mol. The molecule has 0 aliphatic heterocycles. The van der Waals surface area contributed by atoms with Gasteiger partial charge in [0.25, 0.3) is 0 Å². The summed E-state index contributed by atoms with van der Waals surface area (Å²) in [6.07, 6.45) is 3.44. The van der Waals surface area contributed by atoms with Gasteiger partial charge in [-0.15, -0.1) is 11.3 Å². The fraction of sp³-hybridized carbons (Fsp3) is 0.0833. The molecule has 0 saturated heterocycles. The van der Waals surface area contributed by atoms with Gasteiger partial charge in [0.15, 0.2) is 11.6 Å². The van der Waals surface area contributed by atoms with Crippen molar-refractivity contribution in [2.24, 2.45) is 0 Å². The third kappa shape index (κ3) is 1.76. The number of hydrogen-bond acceptors (Lipinski definition) is 6. The molecule has 0 saturated carbocycles. The first-order chi connectivity index (χ1) is 8.75. The number of thiazole rings is 1. The SMILES string of the molecule is Cc1nc(-c2onc(N)c2-c2cccnc2)cs1. The van der Waals surface area contributed by atoms with Crippen LogP contribution < -0.4 is 5.73 Å². The maximum absolute atomic E-state index is 5.86. The minimum atomic E-state index is 0.351. The summed E-state index contributed by atoms with van der Waals surface area (Å²) in [7, 11) is 0. The first-order valence-electron chi connectivity index (χ1n) is 5.34. The Morgan fingerprint density at radius 3 is 2.94 bits per heavy atom. The lowest BCUT2D eigenvalue weighted by molar-refractivity contribution is 0.435. The van der Waals surface area contributed by atoms with Crippen molar-refractivity contribution in [3.05, 3.63) is 34.9 Å². The highest BCUT2D eigenvalue weighted by atomic mass is 32.1. The van der Waals surface area contributed by atoms with E-state index in [2.05, 4.69) is 15.1 Å². The van der Waals surface area contributed by atoms with E-state index in [-0.39, 0.29) is 0 Å². The number of anilines is 1. The van der Waals surface area contributed by atoms with Gasteiger partial charge >= 0.3 is 0 Å². The summed E-state index contributed by atoms with van der Waals surface area (Å²) in [4.78, 5) is 8.47. The van der Waals surface area contributed by atoms with E-state index in [9.17, 15) is 0 Å². The maximum Gasteiger partial charge on any atom is 0.196 e. The van der Waals surface area contributed by atoms with Crippen molar-refractivity contribution in [2.75, 3.05) is 5.73 Å². The van der Waals surface area contributed by atoms with E-state index in [1.807, 2.05) is 24.4 Å². The second-order valence-corrected chi connectivity index (χ2v) is 4.83. The van der Waals surface area contributed by atoms with Crippen molar-refractivity contribution >= 4 is 17.2 Å². The van der Waals surface area contributed by atoms with Crippen LogP contribution in [-0.2, 0) is 0 Å². The van der Waals surface area contributed by atoms with Crippen LogP contribution in [-0.4, -0.2) is 15.1 Å². The molecular weight excluding hydrogens is 248 g/mol. The minimum Gasteiger partial charge on any atom is -0.380 e. The van der Waals surface area contributed by atoms with Crippen molar-refractivity contribution in [1.29, 1.82) is 0 Å². The van der Waals surface area contributed by atoms with Gasteiger partial charge in [0.2, 0.25) is 0 Å². The molecule has 3 aromatic heterocycles. The highest BCUT2D eigenvalue weighted by Crippen LogP contribution is 2.36. The lowest BCUT2D eigenvalue weighted by atomic mass is 10.1. The molecule has 0 aliphatic carbocycles. The van der Waals surface area contributed by atoms with E-state index in [0.717, 1.165) is 21.8 Å². The largest absolute Gasteiger partial charge is 0.380 e. The number of pyridine rings is 1. The molecule has 3 rings (SSSR count). The van der Waals surface area contributed by atoms with Crippen LogP contribution in [0.2, 0.25) is 0 Å². The second-order valence-electron chi connectivity index (χ2n) is 3.77. The van der Waals surface area contributed by atoms with Crippen LogP contribution in [0.3, 0.4) is 0 Å². The van der Waals surface area contributed by atoms with E-state index < -0.39 is 0 Å². The molecule has 90 valence electrons. The Morgan fingerprint density at radius 2 is 2.28 bits per heavy atom. The molecule has 0 fully saturated rings. The Morgan fingerprint density at radius 1 is 1.39 bits per heavy atom. The molecule has 0 aliphatic rings. The molecule has 0 amide bonds. The van der Waals surface area contributed by atoms with E-state index in [1.54, 1.807) is 23.7 Å². The smallest absolute Gasteiger partial charge is 0.196 e. The van der Waals surface area contributed by atoms with Gasteiger partial charge in [-0.2, -0.15) is 0 Å². The average Bonchev–Trinajstić information content (AvgIpc) is 2.96. The minimum absolute atomic E-state index is 0.351. The highest BCUT2D eigenvalue weighted by molar-refractivity contribution is 7.09. The van der Waals surface area contributed by atoms with Gasteiger partial charge in [-0.05, 0) is 13.0 Å². The highest BCUT2D eigenvalue weighted by Gasteiger charge is 2.19. The van der Waals surface area contributed by atoms with Gasteiger partial charge in [0.05, 0.1) is 10.6 Å². The lowest BCUT2D eigenvalue weighted by Gasteiger charge is -1.99. The van der Waals surface area contributed by atoms with E-state index >= 15 is 0 Å². The van der Waals surface area contributed by atoms with Crippen LogP contribution >= 0.6 is 11.3 Å². The Kier molecular flexibility index (Phi) is 2.56. The van der Waals surface area contributed by atoms with Crippen LogP contribution in [0.15, 0.2) is 34.4 Å². The number of nitrogen functional groups attached to an aromatic ring is 1. The van der Waals surface area contributed by atoms with Gasteiger partial charge < -0.3 is 10.3 Å². The van der Waals surface area contributed by atoms with Crippen molar-refractivity contribution in [3.63, 3.8) is 0 Å². The third-order valence-electron chi connectivity index (χ3n) is 2.52. The first-order valence-corrected chi connectivity index (χ1v) is 6.21. The Hall–Kier alpha value is -2.21. The van der Waals surface area contributed by atoms with Gasteiger partial charge in [-0.3, -0.25) is 4.98 Å². The Balaban J connectivity index is 2.18. The van der Waals surface area contributed by atoms with Gasteiger partial charge in [0, 0.05) is 23.3 Å². The van der Waals surface area contributed by atoms with Crippen LogP contribution in [0.25, 0.3) is 22.6 Å². The number of hydrogen-bond donors (Lipinski definition) is 1. The molecule has 0 unspecified atom stereocenters. The first kappa shape index (κ1) is 10.9. The van der Waals surface area contributed by atoms with Crippen molar-refractivity contribution in [1.82, 2.24) is 15.1 Å². The molecular formula is C12H10N4OS. The molecule has 3 aromatic rings. The Bertz CT molecular complexity index is 674. The van der Waals surface area contributed by atoms with Crippen LogP contribution in [0, 0.1) is 6.92 Å². The monoisotopic (exact) mass is 258 g/mol. The summed E-state index contributed by atoms with van der Waals surface area (Å²) in [6, 6.07) is 3.76. The summed E-state index contributed by atoms with van der Waals surface area (Å²) in [5.41, 5.74) is 8.23. The molecule has 2 N–H and O–H groups in total. The molecule has 6 heteroatoms. The molecule has 0 radical (unpaired) electrons. The Labute approximate surface area is 107 Å². The molecule has 0 bridgehead atoms. The van der Waals surface area contributed by atoms with Crippen LogP contribution in [0.5, 0.6) is 0 Å². The van der Waals surface area contributed by atoms with Crippen LogP contribution in [0.4, 0.5) is 5.82 Å². The standard InChI is InChI=1S/C12H10N4OS/c1-7-15-9(6-18-7)11-10(12(13)16-17-11)8-3-2-4-14-5-8/h2-6H,1H3,(H2,13,16). The maximum atomic E-state index is 5.86.